The molecular weight excluding hydrogens is 316 g/mol. The SMILES string of the molecule is NS(=O)(=O)c1ccc(CCC(=O)NCCCn2ccnc2)cc1. The third-order valence-corrected chi connectivity index (χ3v) is 4.30. The Balaban J connectivity index is 1.67. The van der Waals surface area contributed by atoms with Crippen molar-refractivity contribution in [3.63, 3.8) is 0 Å². The highest BCUT2D eigenvalue weighted by atomic mass is 32.2. The number of hydrogen-bond acceptors (Lipinski definition) is 4. The van der Waals surface area contributed by atoms with Gasteiger partial charge in [0.2, 0.25) is 15.9 Å². The number of benzene rings is 1. The van der Waals surface area contributed by atoms with E-state index in [0.29, 0.717) is 19.4 Å². The zero-order chi connectivity index (χ0) is 16.7. The van der Waals surface area contributed by atoms with E-state index in [4.69, 9.17) is 5.14 Å². The summed E-state index contributed by atoms with van der Waals surface area (Å²) in [5, 5.41) is 7.90. The minimum Gasteiger partial charge on any atom is -0.356 e. The predicted octanol–water partition coefficient (Wildman–Crippen LogP) is 0.670. The summed E-state index contributed by atoms with van der Waals surface area (Å²) in [7, 11) is -3.67. The standard InChI is InChI=1S/C15H20N4O3S/c16-23(21,22)14-5-2-13(3-6-14)4-7-15(20)18-8-1-10-19-11-9-17-12-19/h2-3,5-6,9,11-12H,1,4,7-8,10H2,(H,18,20)(H2,16,21,22). The van der Waals surface area contributed by atoms with Gasteiger partial charge in [-0.05, 0) is 30.5 Å². The van der Waals surface area contributed by atoms with Gasteiger partial charge < -0.3 is 9.88 Å². The highest BCUT2D eigenvalue weighted by Gasteiger charge is 2.07. The van der Waals surface area contributed by atoms with Crippen LogP contribution in [-0.4, -0.2) is 30.4 Å². The summed E-state index contributed by atoms with van der Waals surface area (Å²) in [6.07, 6.45) is 7.10. The number of aryl methyl sites for hydroxylation is 2. The van der Waals surface area contributed by atoms with E-state index in [0.717, 1.165) is 18.5 Å². The van der Waals surface area contributed by atoms with Crippen LogP contribution < -0.4 is 10.5 Å². The number of nitrogens with one attached hydrogen (secondary N) is 1. The maximum Gasteiger partial charge on any atom is 0.238 e. The summed E-state index contributed by atoms with van der Waals surface area (Å²) >= 11 is 0. The van der Waals surface area contributed by atoms with Crippen molar-refractivity contribution in [1.29, 1.82) is 0 Å². The Morgan fingerprint density at radius 1 is 1.26 bits per heavy atom. The van der Waals surface area contributed by atoms with E-state index >= 15 is 0 Å². The molecule has 0 aliphatic heterocycles. The average Bonchev–Trinajstić information content (AvgIpc) is 3.02. The van der Waals surface area contributed by atoms with Crippen LogP contribution in [0.3, 0.4) is 0 Å². The fourth-order valence-corrected chi connectivity index (χ4v) is 2.62. The summed E-state index contributed by atoms with van der Waals surface area (Å²) in [5.41, 5.74) is 0.894. The Labute approximate surface area is 135 Å². The van der Waals surface area contributed by atoms with Crippen LogP contribution in [0.1, 0.15) is 18.4 Å². The van der Waals surface area contributed by atoms with Crippen LogP contribution >= 0.6 is 0 Å². The fraction of sp³-hybridized carbons (Fsp3) is 0.333. The molecule has 8 heteroatoms. The first kappa shape index (κ1) is 17.2. The van der Waals surface area contributed by atoms with E-state index in [1.54, 1.807) is 24.7 Å². The lowest BCUT2D eigenvalue weighted by Gasteiger charge is -2.06. The first-order valence-corrected chi connectivity index (χ1v) is 8.84. The summed E-state index contributed by atoms with van der Waals surface area (Å²) in [4.78, 5) is 15.8. The van der Waals surface area contributed by atoms with Crippen molar-refractivity contribution in [2.45, 2.75) is 30.7 Å². The highest BCUT2D eigenvalue weighted by Crippen LogP contribution is 2.10. The predicted molar refractivity (Wildman–Crippen MR) is 86.0 cm³/mol. The summed E-state index contributed by atoms with van der Waals surface area (Å²) in [5.74, 6) is -0.0221. The van der Waals surface area contributed by atoms with Gasteiger partial charge in [0.15, 0.2) is 0 Å². The van der Waals surface area contributed by atoms with Crippen LogP contribution in [-0.2, 0) is 27.8 Å². The summed E-state index contributed by atoms with van der Waals surface area (Å²) in [6, 6.07) is 6.25. The summed E-state index contributed by atoms with van der Waals surface area (Å²) in [6.45, 7) is 1.43. The van der Waals surface area contributed by atoms with Crippen molar-refractivity contribution in [3.8, 4) is 0 Å². The van der Waals surface area contributed by atoms with E-state index in [1.807, 2.05) is 10.8 Å². The number of carbonyl (C=O) groups excluding carboxylic acids is 1. The normalized spacial score (nSPS) is 11.3. The number of aromatic nitrogens is 2. The third kappa shape index (κ3) is 5.84. The maximum absolute atomic E-state index is 11.8. The number of sulfonamides is 1. The Kier molecular flexibility index (Phi) is 5.89. The van der Waals surface area contributed by atoms with Gasteiger partial charge in [0.05, 0.1) is 11.2 Å². The van der Waals surface area contributed by atoms with Crippen molar-refractivity contribution < 1.29 is 13.2 Å². The zero-order valence-corrected chi connectivity index (χ0v) is 13.5. The number of imidazole rings is 1. The molecule has 124 valence electrons. The van der Waals surface area contributed by atoms with Crippen LogP contribution in [0.25, 0.3) is 0 Å². The van der Waals surface area contributed by atoms with Gasteiger partial charge in [-0.15, -0.1) is 0 Å². The molecule has 0 unspecified atom stereocenters. The molecule has 0 atom stereocenters. The van der Waals surface area contributed by atoms with Gasteiger partial charge in [0.25, 0.3) is 0 Å². The molecule has 1 aromatic carbocycles. The molecule has 1 amide bonds. The van der Waals surface area contributed by atoms with Gasteiger partial charge in [0.1, 0.15) is 0 Å². The molecule has 1 heterocycles. The largest absolute Gasteiger partial charge is 0.356 e. The Morgan fingerprint density at radius 2 is 2.00 bits per heavy atom. The second-order valence-electron chi connectivity index (χ2n) is 5.19. The van der Waals surface area contributed by atoms with Crippen molar-refractivity contribution >= 4 is 15.9 Å². The van der Waals surface area contributed by atoms with Gasteiger partial charge in [-0.1, -0.05) is 12.1 Å². The summed E-state index contributed by atoms with van der Waals surface area (Å²) < 4.78 is 24.3. The Hall–Kier alpha value is -2.19. The number of rotatable bonds is 8. The topological polar surface area (TPSA) is 107 Å². The van der Waals surface area contributed by atoms with Crippen molar-refractivity contribution in [2.24, 2.45) is 5.14 Å². The maximum atomic E-state index is 11.8. The van der Waals surface area contributed by atoms with Crippen LogP contribution in [0.4, 0.5) is 0 Å². The minimum absolute atomic E-state index is 0.0221. The number of carbonyl (C=O) groups is 1. The molecule has 2 rings (SSSR count). The highest BCUT2D eigenvalue weighted by molar-refractivity contribution is 7.89. The average molecular weight is 336 g/mol. The van der Waals surface area contributed by atoms with E-state index < -0.39 is 10.0 Å². The Bertz CT molecular complexity index is 725. The lowest BCUT2D eigenvalue weighted by atomic mass is 10.1. The van der Waals surface area contributed by atoms with Gasteiger partial charge in [-0.25, -0.2) is 18.5 Å². The third-order valence-electron chi connectivity index (χ3n) is 3.37. The van der Waals surface area contributed by atoms with Crippen molar-refractivity contribution in [1.82, 2.24) is 14.9 Å². The first-order valence-electron chi connectivity index (χ1n) is 7.29. The number of hydrogen-bond donors (Lipinski definition) is 2. The molecule has 0 saturated heterocycles. The van der Waals surface area contributed by atoms with Gasteiger partial charge in [-0.3, -0.25) is 4.79 Å². The number of nitrogens with two attached hydrogens (primary N) is 1. The van der Waals surface area contributed by atoms with Crippen LogP contribution in [0.5, 0.6) is 0 Å². The van der Waals surface area contributed by atoms with E-state index in [2.05, 4.69) is 10.3 Å². The molecule has 0 radical (unpaired) electrons. The lowest BCUT2D eigenvalue weighted by molar-refractivity contribution is -0.121. The van der Waals surface area contributed by atoms with Crippen LogP contribution in [0.15, 0.2) is 47.9 Å². The van der Waals surface area contributed by atoms with Crippen LogP contribution in [0.2, 0.25) is 0 Å². The zero-order valence-electron chi connectivity index (χ0n) is 12.7. The molecule has 7 nitrogen and oxygen atoms in total. The van der Waals surface area contributed by atoms with Crippen LogP contribution in [0, 0.1) is 0 Å². The molecule has 0 bridgehead atoms. The molecule has 0 aliphatic rings. The number of primary sulfonamides is 1. The van der Waals surface area contributed by atoms with E-state index in [-0.39, 0.29) is 10.8 Å². The van der Waals surface area contributed by atoms with Gasteiger partial charge in [-0.2, -0.15) is 0 Å². The van der Waals surface area contributed by atoms with Gasteiger partial charge >= 0.3 is 0 Å². The second-order valence-corrected chi connectivity index (χ2v) is 6.75. The number of amides is 1. The first-order chi connectivity index (χ1) is 10.9. The van der Waals surface area contributed by atoms with Crippen molar-refractivity contribution in [3.05, 3.63) is 48.5 Å². The van der Waals surface area contributed by atoms with Crippen molar-refractivity contribution in [2.75, 3.05) is 6.54 Å². The number of nitrogens with zero attached hydrogens (tertiary/aromatic N) is 2. The fourth-order valence-electron chi connectivity index (χ4n) is 2.10. The quantitative estimate of drug-likeness (QED) is 0.691. The smallest absolute Gasteiger partial charge is 0.238 e. The molecule has 0 aliphatic carbocycles. The molecule has 0 spiro atoms. The lowest BCUT2D eigenvalue weighted by Crippen LogP contribution is -2.25. The molecular formula is C15H20N4O3S. The molecule has 23 heavy (non-hydrogen) atoms. The molecule has 1 aromatic heterocycles. The molecule has 0 fully saturated rings. The molecule has 0 saturated carbocycles. The molecule has 2 aromatic rings. The monoisotopic (exact) mass is 336 g/mol. The molecule has 3 N–H and O–H groups in total. The van der Waals surface area contributed by atoms with Gasteiger partial charge in [0, 0.05) is 31.9 Å². The van der Waals surface area contributed by atoms with E-state index in [9.17, 15) is 13.2 Å². The van der Waals surface area contributed by atoms with E-state index in [1.165, 1.54) is 12.1 Å². The Morgan fingerprint density at radius 3 is 2.61 bits per heavy atom. The minimum atomic E-state index is -3.67. The second kappa shape index (κ2) is 7.89.